The van der Waals surface area contributed by atoms with E-state index in [4.69, 9.17) is 5.73 Å². The second-order valence-electron chi connectivity index (χ2n) is 5.30. The van der Waals surface area contributed by atoms with Crippen LogP contribution in [0, 0.1) is 6.92 Å². The first-order chi connectivity index (χ1) is 10.0. The zero-order valence-corrected chi connectivity index (χ0v) is 13.5. The number of thiophene rings is 1. The SMILES string of the molecule is Cc1c(N)cccc1S(=O)(=O)N1CCCC1c1ccsc1. The molecule has 0 radical (unpaired) electrons. The molecule has 6 heteroatoms. The number of sulfonamides is 1. The number of nitrogen functional groups attached to an aromatic ring is 1. The number of hydrogen-bond acceptors (Lipinski definition) is 4. The van der Waals surface area contributed by atoms with E-state index in [0.717, 1.165) is 18.4 Å². The Morgan fingerprint density at radius 3 is 2.86 bits per heavy atom. The first-order valence-electron chi connectivity index (χ1n) is 6.91. The van der Waals surface area contributed by atoms with Crippen LogP contribution < -0.4 is 5.73 Å². The molecule has 1 aromatic heterocycles. The molecule has 0 saturated carbocycles. The Hall–Kier alpha value is -1.37. The van der Waals surface area contributed by atoms with E-state index < -0.39 is 10.0 Å². The Morgan fingerprint density at radius 1 is 1.33 bits per heavy atom. The van der Waals surface area contributed by atoms with E-state index in [-0.39, 0.29) is 6.04 Å². The van der Waals surface area contributed by atoms with Gasteiger partial charge in [0.2, 0.25) is 10.0 Å². The summed E-state index contributed by atoms with van der Waals surface area (Å²) in [4.78, 5) is 0.324. The average molecular weight is 322 g/mol. The van der Waals surface area contributed by atoms with Gasteiger partial charge in [0.05, 0.1) is 10.9 Å². The van der Waals surface area contributed by atoms with Crippen LogP contribution in [0.15, 0.2) is 39.9 Å². The number of rotatable bonds is 3. The third-order valence-electron chi connectivity index (χ3n) is 4.04. The van der Waals surface area contributed by atoms with Crippen molar-refractivity contribution in [1.29, 1.82) is 0 Å². The Kier molecular flexibility index (Phi) is 3.77. The lowest BCUT2D eigenvalue weighted by molar-refractivity contribution is 0.397. The van der Waals surface area contributed by atoms with Crippen molar-refractivity contribution in [3.05, 3.63) is 46.2 Å². The molecule has 2 aromatic rings. The first-order valence-corrected chi connectivity index (χ1v) is 9.29. The molecule has 1 aromatic carbocycles. The van der Waals surface area contributed by atoms with Gasteiger partial charge in [0.1, 0.15) is 0 Å². The van der Waals surface area contributed by atoms with Crippen LogP contribution in [0.2, 0.25) is 0 Å². The van der Waals surface area contributed by atoms with Crippen LogP contribution in [0.5, 0.6) is 0 Å². The Bertz CT molecular complexity index is 739. The highest BCUT2D eigenvalue weighted by atomic mass is 32.2. The fourth-order valence-corrected chi connectivity index (χ4v) is 5.51. The van der Waals surface area contributed by atoms with Crippen LogP contribution in [0.4, 0.5) is 5.69 Å². The molecule has 1 aliphatic heterocycles. The molecular formula is C15H18N2O2S2. The maximum atomic E-state index is 13.0. The molecule has 0 amide bonds. The van der Waals surface area contributed by atoms with Crippen molar-refractivity contribution in [1.82, 2.24) is 4.31 Å². The van der Waals surface area contributed by atoms with E-state index >= 15 is 0 Å². The smallest absolute Gasteiger partial charge is 0.243 e. The third kappa shape index (κ3) is 2.47. The lowest BCUT2D eigenvalue weighted by Gasteiger charge is -2.24. The van der Waals surface area contributed by atoms with Crippen molar-refractivity contribution in [2.75, 3.05) is 12.3 Å². The van der Waals surface area contributed by atoms with E-state index in [1.165, 1.54) is 0 Å². The number of benzene rings is 1. The summed E-state index contributed by atoms with van der Waals surface area (Å²) in [6.07, 6.45) is 1.76. The Balaban J connectivity index is 2.03. The minimum Gasteiger partial charge on any atom is -0.398 e. The summed E-state index contributed by atoms with van der Waals surface area (Å²) >= 11 is 1.60. The molecule has 0 spiro atoms. The summed E-state index contributed by atoms with van der Waals surface area (Å²) in [5, 5.41) is 4.02. The van der Waals surface area contributed by atoms with Crippen molar-refractivity contribution in [3.63, 3.8) is 0 Å². The fourth-order valence-electron chi connectivity index (χ4n) is 2.86. The number of nitrogens with zero attached hydrogens (tertiary/aromatic N) is 1. The van der Waals surface area contributed by atoms with Gasteiger partial charge >= 0.3 is 0 Å². The van der Waals surface area contributed by atoms with Crippen LogP contribution in [0.3, 0.4) is 0 Å². The van der Waals surface area contributed by atoms with E-state index in [9.17, 15) is 8.42 Å². The summed E-state index contributed by atoms with van der Waals surface area (Å²) in [6.45, 7) is 2.33. The van der Waals surface area contributed by atoms with Gasteiger partial charge in [-0.25, -0.2) is 8.42 Å². The Labute approximate surface area is 129 Å². The molecule has 1 fully saturated rings. The first kappa shape index (κ1) is 14.6. The maximum absolute atomic E-state index is 13.0. The zero-order chi connectivity index (χ0) is 15.0. The van der Waals surface area contributed by atoms with Gasteiger partial charge in [-0.05, 0) is 59.9 Å². The predicted octanol–water partition coefficient (Wildman–Crippen LogP) is 3.16. The monoisotopic (exact) mass is 322 g/mol. The van der Waals surface area contributed by atoms with Gasteiger partial charge in [-0.15, -0.1) is 0 Å². The normalized spacial score (nSPS) is 20.0. The van der Waals surface area contributed by atoms with Crippen LogP contribution in [0.1, 0.15) is 30.0 Å². The molecule has 0 aliphatic carbocycles. The summed E-state index contributed by atoms with van der Waals surface area (Å²) in [5.41, 5.74) is 8.10. The topological polar surface area (TPSA) is 63.4 Å². The van der Waals surface area contributed by atoms with Crippen molar-refractivity contribution in [2.24, 2.45) is 0 Å². The van der Waals surface area contributed by atoms with Crippen LogP contribution in [0.25, 0.3) is 0 Å². The minimum atomic E-state index is -3.51. The van der Waals surface area contributed by atoms with Gasteiger partial charge in [-0.3, -0.25) is 0 Å². The molecule has 2 N–H and O–H groups in total. The molecule has 21 heavy (non-hydrogen) atoms. The number of hydrogen-bond donors (Lipinski definition) is 1. The van der Waals surface area contributed by atoms with Crippen molar-refractivity contribution < 1.29 is 8.42 Å². The van der Waals surface area contributed by atoms with Crippen molar-refractivity contribution >= 4 is 27.0 Å². The van der Waals surface area contributed by atoms with E-state index in [2.05, 4.69) is 0 Å². The highest BCUT2D eigenvalue weighted by Gasteiger charge is 2.37. The van der Waals surface area contributed by atoms with Gasteiger partial charge in [0.25, 0.3) is 0 Å². The van der Waals surface area contributed by atoms with Gasteiger partial charge in [-0.2, -0.15) is 15.6 Å². The van der Waals surface area contributed by atoms with Gasteiger partial charge in [0, 0.05) is 12.2 Å². The Morgan fingerprint density at radius 2 is 2.14 bits per heavy atom. The number of anilines is 1. The molecule has 1 aliphatic rings. The maximum Gasteiger partial charge on any atom is 0.243 e. The highest BCUT2D eigenvalue weighted by molar-refractivity contribution is 7.89. The fraction of sp³-hybridized carbons (Fsp3) is 0.333. The van der Waals surface area contributed by atoms with Crippen LogP contribution >= 0.6 is 11.3 Å². The quantitative estimate of drug-likeness (QED) is 0.883. The molecule has 2 heterocycles. The van der Waals surface area contributed by atoms with Crippen molar-refractivity contribution in [3.8, 4) is 0 Å². The van der Waals surface area contributed by atoms with E-state index in [1.54, 1.807) is 40.8 Å². The zero-order valence-electron chi connectivity index (χ0n) is 11.8. The lowest BCUT2D eigenvalue weighted by Crippen LogP contribution is -2.31. The largest absolute Gasteiger partial charge is 0.398 e. The second kappa shape index (κ2) is 5.44. The van der Waals surface area contributed by atoms with Crippen molar-refractivity contribution in [2.45, 2.75) is 30.7 Å². The minimum absolute atomic E-state index is 0.0536. The summed E-state index contributed by atoms with van der Waals surface area (Å²) < 4.78 is 27.6. The molecule has 1 saturated heterocycles. The second-order valence-corrected chi connectivity index (χ2v) is 7.94. The predicted molar refractivity (Wildman–Crippen MR) is 85.8 cm³/mol. The van der Waals surface area contributed by atoms with Crippen LogP contribution in [-0.2, 0) is 10.0 Å². The molecular weight excluding hydrogens is 304 g/mol. The van der Waals surface area contributed by atoms with Gasteiger partial charge in [0.15, 0.2) is 0 Å². The summed E-state index contributed by atoms with van der Waals surface area (Å²) in [5.74, 6) is 0. The summed E-state index contributed by atoms with van der Waals surface area (Å²) in [7, 11) is -3.51. The molecule has 1 unspecified atom stereocenters. The van der Waals surface area contributed by atoms with E-state index in [1.807, 2.05) is 16.8 Å². The van der Waals surface area contributed by atoms with Gasteiger partial charge < -0.3 is 5.73 Å². The third-order valence-corrected chi connectivity index (χ3v) is 6.80. The molecule has 112 valence electrons. The number of nitrogens with two attached hydrogens (primary N) is 1. The lowest BCUT2D eigenvalue weighted by atomic mass is 10.1. The summed E-state index contributed by atoms with van der Waals surface area (Å²) in [6, 6.07) is 7.03. The highest BCUT2D eigenvalue weighted by Crippen LogP contribution is 2.38. The van der Waals surface area contributed by atoms with Gasteiger partial charge in [-0.1, -0.05) is 6.07 Å². The molecule has 3 rings (SSSR count). The van der Waals surface area contributed by atoms with E-state index in [0.29, 0.717) is 22.7 Å². The average Bonchev–Trinajstić information content (AvgIpc) is 3.11. The standard InChI is InChI=1S/C15H18N2O2S2/c1-11-13(16)4-2-6-15(11)21(18,19)17-8-3-5-14(17)12-7-9-20-10-12/h2,4,6-7,9-10,14H,3,5,8,16H2,1H3. The molecule has 0 bridgehead atoms. The molecule has 4 nitrogen and oxygen atoms in total. The van der Waals surface area contributed by atoms with Crippen LogP contribution in [-0.4, -0.2) is 19.3 Å². The molecule has 1 atom stereocenters.